The largest absolute Gasteiger partial charge is 0.352 e. The standard InChI is InChI=1S/C17H21N5O/c1-13-5-7-14(8-6-13)10-20-17(18-2)21-12-16(23)22-15-4-3-9-19-11-15/h3-9,11H,10,12H2,1-2H3,(H,22,23)(H2,18,20,21). The van der Waals surface area contributed by atoms with Crippen LogP contribution >= 0.6 is 0 Å². The number of hydrogen-bond acceptors (Lipinski definition) is 3. The number of nitrogens with zero attached hydrogens (tertiary/aromatic N) is 2. The molecule has 3 N–H and O–H groups in total. The third-order valence-corrected chi connectivity index (χ3v) is 3.17. The van der Waals surface area contributed by atoms with Gasteiger partial charge in [-0.3, -0.25) is 14.8 Å². The lowest BCUT2D eigenvalue weighted by atomic mass is 10.1. The van der Waals surface area contributed by atoms with Crippen LogP contribution in [0.3, 0.4) is 0 Å². The number of anilines is 1. The van der Waals surface area contributed by atoms with E-state index in [9.17, 15) is 4.79 Å². The Kier molecular flexibility index (Phi) is 6.11. The molecule has 0 spiro atoms. The molecule has 6 nitrogen and oxygen atoms in total. The number of aliphatic imine (C=N–C) groups is 1. The molecule has 1 amide bonds. The van der Waals surface area contributed by atoms with Gasteiger partial charge in [-0.1, -0.05) is 29.8 Å². The van der Waals surface area contributed by atoms with Gasteiger partial charge in [-0.15, -0.1) is 0 Å². The maximum atomic E-state index is 11.9. The summed E-state index contributed by atoms with van der Waals surface area (Å²) in [5.74, 6) is 0.420. The Hall–Kier alpha value is -2.89. The quantitative estimate of drug-likeness (QED) is 0.580. The van der Waals surface area contributed by atoms with E-state index in [1.54, 1.807) is 31.6 Å². The highest BCUT2D eigenvalue weighted by Crippen LogP contribution is 2.03. The lowest BCUT2D eigenvalue weighted by Crippen LogP contribution is -2.41. The summed E-state index contributed by atoms with van der Waals surface area (Å²) < 4.78 is 0. The maximum absolute atomic E-state index is 11.9. The van der Waals surface area contributed by atoms with Crippen molar-refractivity contribution < 1.29 is 4.79 Å². The van der Waals surface area contributed by atoms with Crippen molar-refractivity contribution in [3.8, 4) is 0 Å². The summed E-state index contributed by atoms with van der Waals surface area (Å²) in [4.78, 5) is 19.9. The second kappa shape index (κ2) is 8.53. The number of carbonyl (C=O) groups excluding carboxylic acids is 1. The molecule has 2 aromatic rings. The van der Waals surface area contributed by atoms with Crippen molar-refractivity contribution in [2.75, 3.05) is 18.9 Å². The van der Waals surface area contributed by atoms with Crippen molar-refractivity contribution in [3.05, 3.63) is 59.9 Å². The second-order valence-electron chi connectivity index (χ2n) is 5.05. The van der Waals surface area contributed by atoms with E-state index in [4.69, 9.17) is 0 Å². The molecule has 120 valence electrons. The molecule has 0 unspecified atom stereocenters. The van der Waals surface area contributed by atoms with Crippen LogP contribution in [-0.4, -0.2) is 30.4 Å². The predicted octanol–water partition coefficient (Wildman–Crippen LogP) is 1.69. The number of nitrogens with one attached hydrogen (secondary N) is 3. The van der Waals surface area contributed by atoms with E-state index in [1.807, 2.05) is 0 Å². The monoisotopic (exact) mass is 311 g/mol. The zero-order chi connectivity index (χ0) is 16.5. The molecule has 0 aliphatic carbocycles. The molecule has 0 saturated heterocycles. The van der Waals surface area contributed by atoms with E-state index in [1.165, 1.54) is 5.56 Å². The second-order valence-corrected chi connectivity index (χ2v) is 5.05. The van der Waals surface area contributed by atoms with Gasteiger partial charge in [-0.2, -0.15) is 0 Å². The summed E-state index contributed by atoms with van der Waals surface area (Å²) in [6.07, 6.45) is 3.26. The van der Waals surface area contributed by atoms with Crippen LogP contribution in [0.2, 0.25) is 0 Å². The summed E-state index contributed by atoms with van der Waals surface area (Å²) in [5, 5.41) is 8.90. The molecule has 0 atom stereocenters. The predicted molar refractivity (Wildman–Crippen MR) is 92.2 cm³/mol. The number of rotatable bonds is 5. The Morgan fingerprint density at radius 1 is 1.17 bits per heavy atom. The van der Waals surface area contributed by atoms with Gasteiger partial charge in [0.2, 0.25) is 5.91 Å². The number of guanidine groups is 1. The Morgan fingerprint density at radius 2 is 1.96 bits per heavy atom. The summed E-state index contributed by atoms with van der Waals surface area (Å²) in [7, 11) is 1.67. The van der Waals surface area contributed by atoms with E-state index in [2.05, 4.69) is 57.1 Å². The van der Waals surface area contributed by atoms with E-state index < -0.39 is 0 Å². The van der Waals surface area contributed by atoms with Gasteiger partial charge in [0, 0.05) is 19.8 Å². The molecule has 1 aromatic heterocycles. The first kappa shape index (κ1) is 16.5. The molecule has 23 heavy (non-hydrogen) atoms. The summed E-state index contributed by atoms with van der Waals surface area (Å²) in [6, 6.07) is 11.8. The van der Waals surface area contributed by atoms with E-state index in [-0.39, 0.29) is 12.5 Å². The maximum Gasteiger partial charge on any atom is 0.243 e. The van der Waals surface area contributed by atoms with Crippen LogP contribution in [0.25, 0.3) is 0 Å². The van der Waals surface area contributed by atoms with Gasteiger partial charge in [-0.05, 0) is 24.6 Å². The fourth-order valence-electron chi connectivity index (χ4n) is 1.92. The van der Waals surface area contributed by atoms with E-state index in [0.29, 0.717) is 18.2 Å². The average molecular weight is 311 g/mol. The fourth-order valence-corrected chi connectivity index (χ4v) is 1.92. The highest BCUT2D eigenvalue weighted by Gasteiger charge is 2.04. The van der Waals surface area contributed by atoms with Crippen molar-refractivity contribution in [3.63, 3.8) is 0 Å². The number of carbonyl (C=O) groups is 1. The first-order chi connectivity index (χ1) is 11.2. The van der Waals surface area contributed by atoms with Crippen molar-refractivity contribution >= 4 is 17.6 Å². The van der Waals surface area contributed by atoms with Crippen LogP contribution in [0.15, 0.2) is 53.8 Å². The number of hydrogen-bond donors (Lipinski definition) is 3. The van der Waals surface area contributed by atoms with Gasteiger partial charge in [0.15, 0.2) is 5.96 Å². The normalized spacial score (nSPS) is 11.0. The van der Waals surface area contributed by atoms with Gasteiger partial charge in [0.05, 0.1) is 18.4 Å². The van der Waals surface area contributed by atoms with Gasteiger partial charge >= 0.3 is 0 Å². The van der Waals surface area contributed by atoms with Crippen LogP contribution < -0.4 is 16.0 Å². The number of benzene rings is 1. The molecule has 1 aromatic carbocycles. The van der Waals surface area contributed by atoms with Gasteiger partial charge < -0.3 is 16.0 Å². The zero-order valence-electron chi connectivity index (χ0n) is 13.3. The van der Waals surface area contributed by atoms with Crippen LogP contribution in [0, 0.1) is 6.92 Å². The fraction of sp³-hybridized carbons (Fsp3) is 0.235. The first-order valence-electron chi connectivity index (χ1n) is 7.37. The molecule has 0 saturated carbocycles. The highest BCUT2D eigenvalue weighted by molar-refractivity contribution is 5.94. The van der Waals surface area contributed by atoms with Crippen LogP contribution in [0.4, 0.5) is 5.69 Å². The smallest absolute Gasteiger partial charge is 0.243 e. The Labute approximate surface area is 136 Å². The summed E-state index contributed by atoms with van der Waals surface area (Å²) in [5.41, 5.74) is 3.04. The minimum Gasteiger partial charge on any atom is -0.352 e. The highest BCUT2D eigenvalue weighted by atomic mass is 16.1. The molecule has 0 aliphatic heterocycles. The third-order valence-electron chi connectivity index (χ3n) is 3.17. The van der Waals surface area contributed by atoms with Gasteiger partial charge in [0.1, 0.15) is 0 Å². The lowest BCUT2D eigenvalue weighted by Gasteiger charge is -2.12. The van der Waals surface area contributed by atoms with Crippen molar-refractivity contribution in [2.24, 2.45) is 4.99 Å². The first-order valence-corrected chi connectivity index (χ1v) is 7.37. The van der Waals surface area contributed by atoms with E-state index in [0.717, 1.165) is 5.56 Å². The third kappa shape index (κ3) is 5.78. The minimum absolute atomic E-state index is 0.127. The topological polar surface area (TPSA) is 78.4 Å². The summed E-state index contributed by atoms with van der Waals surface area (Å²) in [6.45, 7) is 2.82. The number of amides is 1. The van der Waals surface area contributed by atoms with Crippen molar-refractivity contribution in [1.82, 2.24) is 15.6 Å². The number of aromatic nitrogens is 1. The molecule has 0 fully saturated rings. The number of pyridine rings is 1. The molecular weight excluding hydrogens is 290 g/mol. The Balaban J connectivity index is 1.76. The molecule has 0 aliphatic rings. The molecule has 6 heteroatoms. The van der Waals surface area contributed by atoms with Crippen LogP contribution in [0.5, 0.6) is 0 Å². The van der Waals surface area contributed by atoms with Crippen molar-refractivity contribution in [1.29, 1.82) is 0 Å². The molecule has 0 bridgehead atoms. The molecule has 1 heterocycles. The van der Waals surface area contributed by atoms with Gasteiger partial charge in [0.25, 0.3) is 0 Å². The molecular formula is C17H21N5O. The van der Waals surface area contributed by atoms with Crippen LogP contribution in [-0.2, 0) is 11.3 Å². The summed E-state index contributed by atoms with van der Waals surface area (Å²) >= 11 is 0. The Morgan fingerprint density at radius 3 is 2.61 bits per heavy atom. The van der Waals surface area contributed by atoms with Crippen molar-refractivity contribution in [2.45, 2.75) is 13.5 Å². The number of aryl methyl sites for hydroxylation is 1. The van der Waals surface area contributed by atoms with E-state index >= 15 is 0 Å². The SMILES string of the molecule is CN=C(NCC(=O)Nc1cccnc1)NCc1ccc(C)cc1. The van der Waals surface area contributed by atoms with Crippen LogP contribution in [0.1, 0.15) is 11.1 Å². The molecule has 2 rings (SSSR count). The van der Waals surface area contributed by atoms with Gasteiger partial charge in [-0.25, -0.2) is 0 Å². The lowest BCUT2D eigenvalue weighted by molar-refractivity contribution is -0.115. The zero-order valence-corrected chi connectivity index (χ0v) is 13.3. The molecule has 0 radical (unpaired) electrons. The minimum atomic E-state index is -0.156. The Bertz CT molecular complexity index is 652. The average Bonchev–Trinajstić information content (AvgIpc) is 2.57.